The Morgan fingerprint density at radius 3 is 2.82 bits per heavy atom. The van der Waals surface area contributed by atoms with Crippen LogP contribution in [0.15, 0.2) is 0 Å². The quantitative estimate of drug-likeness (QED) is 0.759. The Bertz CT molecular complexity index is 256. The van der Waals surface area contributed by atoms with Gasteiger partial charge in [-0.25, -0.2) is 0 Å². The smallest absolute Gasteiger partial charge is 0.223 e. The van der Waals surface area contributed by atoms with Crippen LogP contribution in [-0.2, 0) is 9.53 Å². The number of hydrogen-bond donors (Lipinski definition) is 2. The van der Waals surface area contributed by atoms with E-state index in [0.29, 0.717) is 12.3 Å². The van der Waals surface area contributed by atoms with Crippen LogP contribution in [0.2, 0.25) is 0 Å². The molecule has 2 rings (SSSR count). The second kappa shape index (κ2) is 6.10. The van der Waals surface area contributed by atoms with Crippen LogP contribution in [0.3, 0.4) is 0 Å². The van der Waals surface area contributed by atoms with Crippen molar-refractivity contribution in [3.05, 3.63) is 0 Å². The minimum atomic E-state index is 0.136. The largest absolute Gasteiger partial charge is 0.381 e. The molecular formula is C13H23NO2S. The number of carbonyl (C=O) groups excluding carboxylic acids is 1. The summed E-state index contributed by atoms with van der Waals surface area (Å²) in [5.41, 5.74) is 0.136. The molecule has 17 heavy (non-hydrogen) atoms. The highest BCUT2D eigenvalue weighted by molar-refractivity contribution is 7.80. The van der Waals surface area contributed by atoms with E-state index < -0.39 is 0 Å². The maximum absolute atomic E-state index is 12.2. The summed E-state index contributed by atoms with van der Waals surface area (Å²) in [4.78, 5) is 12.2. The maximum atomic E-state index is 12.2. The molecule has 2 aliphatic rings. The summed E-state index contributed by atoms with van der Waals surface area (Å²) in [5.74, 6) is 1.10. The Balaban J connectivity index is 2.03. The molecular weight excluding hydrogens is 234 g/mol. The molecule has 1 spiro atoms. The van der Waals surface area contributed by atoms with Crippen molar-refractivity contribution in [2.45, 2.75) is 38.5 Å². The third-order valence-electron chi connectivity index (χ3n) is 4.26. The standard InChI is InChI=1S/C13H23NO2S/c15-12(14-7-9-17)11-4-8-16-10-13(11)5-2-1-3-6-13/h11,17H,1-10H2,(H,14,15). The van der Waals surface area contributed by atoms with Crippen molar-refractivity contribution in [3.63, 3.8) is 0 Å². The number of ether oxygens (including phenoxy) is 1. The molecule has 2 fully saturated rings. The van der Waals surface area contributed by atoms with Gasteiger partial charge in [0.05, 0.1) is 6.61 Å². The number of hydrogen-bond acceptors (Lipinski definition) is 3. The van der Waals surface area contributed by atoms with Crippen LogP contribution in [0.4, 0.5) is 0 Å². The van der Waals surface area contributed by atoms with E-state index in [1.807, 2.05) is 0 Å². The third kappa shape index (κ3) is 2.97. The first-order valence-corrected chi connectivity index (χ1v) is 7.38. The molecule has 0 radical (unpaired) electrons. The zero-order chi connectivity index (χ0) is 12.1. The molecule has 1 heterocycles. The predicted molar refractivity (Wildman–Crippen MR) is 71.3 cm³/mol. The molecule has 0 aromatic rings. The molecule has 1 saturated heterocycles. The Labute approximate surface area is 109 Å². The second-order valence-electron chi connectivity index (χ2n) is 5.33. The molecule has 1 saturated carbocycles. The highest BCUT2D eigenvalue weighted by Crippen LogP contribution is 2.46. The van der Waals surface area contributed by atoms with E-state index >= 15 is 0 Å². The first kappa shape index (κ1) is 13.2. The van der Waals surface area contributed by atoms with Crippen molar-refractivity contribution in [1.29, 1.82) is 0 Å². The lowest BCUT2D eigenvalue weighted by Crippen LogP contribution is -2.49. The SMILES string of the molecule is O=C(NCCS)C1CCOCC12CCCCC2. The van der Waals surface area contributed by atoms with Gasteiger partial charge in [0.15, 0.2) is 0 Å². The Kier molecular flexibility index (Phi) is 4.74. The van der Waals surface area contributed by atoms with E-state index in [4.69, 9.17) is 4.74 Å². The van der Waals surface area contributed by atoms with Gasteiger partial charge in [-0.1, -0.05) is 19.3 Å². The van der Waals surface area contributed by atoms with Gasteiger partial charge in [-0.15, -0.1) is 0 Å². The van der Waals surface area contributed by atoms with Gasteiger partial charge in [0, 0.05) is 30.2 Å². The number of amides is 1. The fourth-order valence-electron chi connectivity index (χ4n) is 3.34. The summed E-state index contributed by atoms with van der Waals surface area (Å²) in [6.45, 7) is 2.20. The lowest BCUT2D eigenvalue weighted by molar-refractivity contribution is -0.141. The topological polar surface area (TPSA) is 38.3 Å². The van der Waals surface area contributed by atoms with Crippen LogP contribution in [0.1, 0.15) is 38.5 Å². The lowest BCUT2D eigenvalue weighted by atomic mass is 9.64. The predicted octanol–water partition coefficient (Wildman–Crippen LogP) is 2.02. The van der Waals surface area contributed by atoms with Gasteiger partial charge in [-0.3, -0.25) is 4.79 Å². The molecule has 3 nitrogen and oxygen atoms in total. The molecule has 1 N–H and O–H groups in total. The van der Waals surface area contributed by atoms with Gasteiger partial charge in [-0.05, 0) is 19.3 Å². The van der Waals surface area contributed by atoms with E-state index in [1.165, 1.54) is 19.3 Å². The molecule has 1 amide bonds. The van der Waals surface area contributed by atoms with Crippen molar-refractivity contribution in [1.82, 2.24) is 5.32 Å². The van der Waals surface area contributed by atoms with E-state index in [2.05, 4.69) is 17.9 Å². The van der Waals surface area contributed by atoms with Crippen molar-refractivity contribution >= 4 is 18.5 Å². The highest BCUT2D eigenvalue weighted by Gasteiger charge is 2.45. The molecule has 4 heteroatoms. The van der Waals surface area contributed by atoms with Gasteiger partial charge >= 0.3 is 0 Å². The molecule has 98 valence electrons. The minimum absolute atomic E-state index is 0.136. The number of thiol groups is 1. The Morgan fingerprint density at radius 1 is 1.35 bits per heavy atom. The van der Waals surface area contributed by atoms with Crippen LogP contribution >= 0.6 is 12.6 Å². The van der Waals surface area contributed by atoms with Gasteiger partial charge < -0.3 is 10.1 Å². The first-order valence-electron chi connectivity index (χ1n) is 6.75. The fraction of sp³-hybridized carbons (Fsp3) is 0.923. The number of carbonyl (C=O) groups is 1. The van der Waals surface area contributed by atoms with Crippen LogP contribution in [-0.4, -0.2) is 31.4 Å². The van der Waals surface area contributed by atoms with Crippen molar-refractivity contribution < 1.29 is 9.53 Å². The number of rotatable bonds is 3. The maximum Gasteiger partial charge on any atom is 0.223 e. The second-order valence-corrected chi connectivity index (χ2v) is 5.78. The fourth-order valence-corrected chi connectivity index (χ4v) is 3.46. The Morgan fingerprint density at radius 2 is 2.12 bits per heavy atom. The normalized spacial score (nSPS) is 27.9. The molecule has 0 bridgehead atoms. The third-order valence-corrected chi connectivity index (χ3v) is 4.48. The summed E-state index contributed by atoms with van der Waals surface area (Å²) in [6.07, 6.45) is 7.02. The summed E-state index contributed by atoms with van der Waals surface area (Å²) >= 11 is 4.14. The molecule has 0 aromatic heterocycles. The van der Waals surface area contributed by atoms with Crippen LogP contribution in [0, 0.1) is 11.3 Å². The molecule has 1 unspecified atom stereocenters. The zero-order valence-electron chi connectivity index (χ0n) is 10.4. The molecule has 1 atom stereocenters. The summed E-state index contributed by atoms with van der Waals surface area (Å²) in [6, 6.07) is 0. The van der Waals surface area contributed by atoms with Crippen LogP contribution in [0.25, 0.3) is 0 Å². The van der Waals surface area contributed by atoms with Gasteiger partial charge in [0.2, 0.25) is 5.91 Å². The zero-order valence-corrected chi connectivity index (χ0v) is 11.3. The first-order chi connectivity index (χ1) is 8.28. The minimum Gasteiger partial charge on any atom is -0.381 e. The average Bonchev–Trinajstić information content (AvgIpc) is 2.37. The van der Waals surface area contributed by atoms with Gasteiger partial charge in [0.1, 0.15) is 0 Å². The van der Waals surface area contributed by atoms with Gasteiger partial charge in [-0.2, -0.15) is 12.6 Å². The monoisotopic (exact) mass is 257 g/mol. The van der Waals surface area contributed by atoms with Crippen molar-refractivity contribution in [3.8, 4) is 0 Å². The summed E-state index contributed by atoms with van der Waals surface area (Å²) < 4.78 is 5.65. The van der Waals surface area contributed by atoms with Gasteiger partial charge in [0.25, 0.3) is 0 Å². The summed E-state index contributed by atoms with van der Waals surface area (Å²) in [7, 11) is 0. The van der Waals surface area contributed by atoms with E-state index in [9.17, 15) is 4.79 Å². The summed E-state index contributed by atoms with van der Waals surface area (Å²) in [5, 5.41) is 3.00. The average molecular weight is 257 g/mol. The number of nitrogens with one attached hydrogen (secondary N) is 1. The van der Waals surface area contributed by atoms with Crippen molar-refractivity contribution in [2.24, 2.45) is 11.3 Å². The van der Waals surface area contributed by atoms with E-state index in [0.717, 1.165) is 32.5 Å². The van der Waals surface area contributed by atoms with Crippen molar-refractivity contribution in [2.75, 3.05) is 25.5 Å². The molecule has 0 aromatic carbocycles. The highest BCUT2D eigenvalue weighted by atomic mass is 32.1. The lowest BCUT2D eigenvalue weighted by Gasteiger charge is -2.45. The van der Waals surface area contributed by atoms with E-state index in [-0.39, 0.29) is 17.2 Å². The van der Waals surface area contributed by atoms with Crippen LogP contribution < -0.4 is 5.32 Å². The molecule has 1 aliphatic carbocycles. The van der Waals surface area contributed by atoms with E-state index in [1.54, 1.807) is 0 Å². The Hall–Kier alpha value is -0.220. The van der Waals surface area contributed by atoms with Crippen LogP contribution in [0.5, 0.6) is 0 Å². The molecule has 1 aliphatic heterocycles.